The molecule has 2 saturated heterocycles. The molecule has 0 spiro atoms. The van der Waals surface area contributed by atoms with E-state index in [4.69, 9.17) is 4.74 Å². The van der Waals surface area contributed by atoms with E-state index in [0.717, 1.165) is 28.8 Å². The highest BCUT2D eigenvalue weighted by Gasteiger charge is 2.38. The Labute approximate surface area is 213 Å². The molecule has 3 heterocycles. The molecule has 190 valence electrons. The zero-order valence-electron chi connectivity index (χ0n) is 21.4. The van der Waals surface area contributed by atoms with Crippen LogP contribution < -0.4 is 4.74 Å². The highest BCUT2D eigenvalue weighted by atomic mass is 16.5. The smallest absolute Gasteiger partial charge is 0.270 e. The molecule has 7 nitrogen and oxygen atoms in total. The van der Waals surface area contributed by atoms with Gasteiger partial charge in [0.25, 0.3) is 5.91 Å². The largest absolute Gasteiger partial charge is 0.497 e. The minimum absolute atomic E-state index is 0.00134. The molecule has 1 aromatic heterocycles. The summed E-state index contributed by atoms with van der Waals surface area (Å²) in [4.78, 5) is 36.6. The van der Waals surface area contributed by atoms with Crippen LogP contribution in [0.2, 0.25) is 0 Å². The first kappa shape index (κ1) is 24.4. The molecule has 1 N–H and O–H groups in total. The molecule has 5 rings (SSSR count). The summed E-state index contributed by atoms with van der Waals surface area (Å²) in [6, 6.07) is 18.6. The number of fused-ring (bicyclic) bond motifs is 1. The van der Waals surface area contributed by atoms with Gasteiger partial charge in [0.15, 0.2) is 0 Å². The Kier molecular flexibility index (Phi) is 7.01. The van der Waals surface area contributed by atoms with Crippen LogP contribution in [0.25, 0.3) is 10.9 Å². The standard InChI is InChI=1S/C29H36N4O3/c1-20-8-7-9-21(2)32(20)18-24-17-31(19-28(34)33(24)16-22-10-5-4-6-11-22)29(35)27-15-23-14-25(36-3)12-13-26(23)30-27/h4-6,10-15,20-21,24,30H,7-9,16-19H2,1-3H3/t20-,21+,24-/m1/s1. The molecule has 0 aliphatic carbocycles. The summed E-state index contributed by atoms with van der Waals surface area (Å²) in [5.74, 6) is 0.608. The second-order valence-corrected chi connectivity index (χ2v) is 10.3. The maximum absolute atomic E-state index is 13.6. The summed E-state index contributed by atoms with van der Waals surface area (Å²) in [5, 5.41) is 0.916. The lowest BCUT2D eigenvalue weighted by Crippen LogP contribution is -2.62. The Morgan fingerprint density at radius 2 is 1.81 bits per heavy atom. The van der Waals surface area contributed by atoms with Crippen LogP contribution in [0, 0.1) is 0 Å². The normalized spacial score (nSPS) is 23.3. The number of likely N-dealkylation sites (tertiary alicyclic amines) is 1. The summed E-state index contributed by atoms with van der Waals surface area (Å²) in [6.45, 7) is 6.51. The van der Waals surface area contributed by atoms with E-state index >= 15 is 0 Å². The number of methoxy groups -OCH3 is 1. The van der Waals surface area contributed by atoms with Gasteiger partial charge >= 0.3 is 0 Å². The van der Waals surface area contributed by atoms with Crippen molar-refractivity contribution in [2.45, 2.75) is 57.8 Å². The van der Waals surface area contributed by atoms with Gasteiger partial charge in [-0.05, 0) is 56.5 Å². The number of ether oxygens (including phenoxy) is 1. The molecule has 2 aliphatic heterocycles. The van der Waals surface area contributed by atoms with Crippen LogP contribution in [0.4, 0.5) is 0 Å². The SMILES string of the molecule is COc1ccc2[nH]c(C(=O)N3CC(=O)N(Cc4ccccc4)[C@@H](CN4[C@H](C)CCC[C@@H]4C)C3)cc2c1. The number of nitrogens with one attached hydrogen (secondary N) is 1. The molecular formula is C29H36N4O3. The van der Waals surface area contributed by atoms with Gasteiger partial charge in [0.1, 0.15) is 18.0 Å². The predicted octanol–water partition coefficient (Wildman–Crippen LogP) is 4.29. The summed E-state index contributed by atoms with van der Waals surface area (Å²) in [5.41, 5.74) is 2.49. The van der Waals surface area contributed by atoms with Gasteiger partial charge in [-0.15, -0.1) is 0 Å². The first-order valence-corrected chi connectivity index (χ1v) is 13.0. The molecule has 7 heteroatoms. The molecule has 2 aliphatic rings. The van der Waals surface area contributed by atoms with Crippen LogP contribution >= 0.6 is 0 Å². The third-order valence-corrected chi connectivity index (χ3v) is 7.86. The minimum Gasteiger partial charge on any atom is -0.497 e. The van der Waals surface area contributed by atoms with E-state index in [1.54, 1.807) is 12.0 Å². The second-order valence-electron chi connectivity index (χ2n) is 10.3. The number of aromatic amines is 1. The highest BCUT2D eigenvalue weighted by molar-refractivity contribution is 6.00. The zero-order valence-corrected chi connectivity index (χ0v) is 21.4. The molecule has 36 heavy (non-hydrogen) atoms. The first-order valence-electron chi connectivity index (χ1n) is 13.0. The van der Waals surface area contributed by atoms with E-state index in [1.165, 1.54) is 19.3 Å². The second kappa shape index (κ2) is 10.3. The van der Waals surface area contributed by atoms with Crippen molar-refractivity contribution < 1.29 is 14.3 Å². The molecule has 0 bridgehead atoms. The Balaban J connectivity index is 1.40. The molecular weight excluding hydrogens is 452 g/mol. The summed E-state index contributed by atoms with van der Waals surface area (Å²) in [6.07, 6.45) is 3.58. The van der Waals surface area contributed by atoms with Crippen molar-refractivity contribution in [2.24, 2.45) is 0 Å². The van der Waals surface area contributed by atoms with Crippen LogP contribution in [-0.2, 0) is 11.3 Å². The fraction of sp³-hybridized carbons (Fsp3) is 0.448. The van der Waals surface area contributed by atoms with Crippen LogP contribution in [0.5, 0.6) is 5.75 Å². The lowest BCUT2D eigenvalue weighted by atomic mass is 9.96. The van der Waals surface area contributed by atoms with Crippen LogP contribution in [0.3, 0.4) is 0 Å². The first-order chi connectivity index (χ1) is 17.4. The molecule has 0 radical (unpaired) electrons. The molecule has 0 saturated carbocycles. The molecule has 0 unspecified atom stereocenters. The fourth-order valence-corrected chi connectivity index (χ4v) is 5.78. The van der Waals surface area contributed by atoms with Crippen LogP contribution in [-0.4, -0.2) is 76.4 Å². The number of amides is 2. The molecule has 2 amide bonds. The van der Waals surface area contributed by atoms with Gasteiger partial charge in [0, 0.05) is 42.6 Å². The number of hydrogen-bond donors (Lipinski definition) is 1. The lowest BCUT2D eigenvalue weighted by Gasteiger charge is -2.46. The molecule has 2 fully saturated rings. The minimum atomic E-state index is -0.136. The summed E-state index contributed by atoms with van der Waals surface area (Å²) in [7, 11) is 1.63. The number of aromatic nitrogens is 1. The number of carbonyl (C=O) groups is 2. The van der Waals surface area contributed by atoms with Crippen LogP contribution in [0.1, 0.15) is 49.2 Å². The summed E-state index contributed by atoms with van der Waals surface area (Å²) >= 11 is 0. The van der Waals surface area contributed by atoms with E-state index in [2.05, 4.69) is 35.9 Å². The number of nitrogens with zero attached hydrogens (tertiary/aromatic N) is 3. The topological polar surface area (TPSA) is 68.9 Å². The Hall–Kier alpha value is -3.32. The Morgan fingerprint density at radius 3 is 2.53 bits per heavy atom. The zero-order chi connectivity index (χ0) is 25.2. The van der Waals surface area contributed by atoms with Crippen molar-refractivity contribution in [1.82, 2.24) is 19.7 Å². The van der Waals surface area contributed by atoms with E-state index in [-0.39, 0.29) is 24.4 Å². The monoisotopic (exact) mass is 488 g/mol. The Bertz CT molecular complexity index is 1210. The van der Waals surface area contributed by atoms with Gasteiger partial charge in [0.05, 0.1) is 13.2 Å². The number of H-pyrrole nitrogens is 1. The van der Waals surface area contributed by atoms with Gasteiger partial charge < -0.3 is 19.5 Å². The number of rotatable bonds is 6. The van der Waals surface area contributed by atoms with E-state index in [0.29, 0.717) is 30.9 Å². The van der Waals surface area contributed by atoms with Crippen molar-refractivity contribution in [3.63, 3.8) is 0 Å². The van der Waals surface area contributed by atoms with Gasteiger partial charge in [-0.25, -0.2) is 0 Å². The van der Waals surface area contributed by atoms with Crippen molar-refractivity contribution in [3.05, 3.63) is 65.9 Å². The number of benzene rings is 2. The maximum atomic E-state index is 13.6. The van der Waals surface area contributed by atoms with Gasteiger partial charge in [0.2, 0.25) is 5.91 Å². The maximum Gasteiger partial charge on any atom is 0.270 e. The van der Waals surface area contributed by atoms with E-state index in [1.807, 2.05) is 47.4 Å². The lowest BCUT2D eigenvalue weighted by molar-refractivity contribution is -0.140. The van der Waals surface area contributed by atoms with Crippen molar-refractivity contribution >= 4 is 22.7 Å². The van der Waals surface area contributed by atoms with Crippen LogP contribution in [0.15, 0.2) is 54.6 Å². The predicted molar refractivity (Wildman–Crippen MR) is 141 cm³/mol. The molecule has 3 atom stereocenters. The van der Waals surface area contributed by atoms with E-state index in [9.17, 15) is 9.59 Å². The Morgan fingerprint density at radius 1 is 1.06 bits per heavy atom. The molecule has 2 aromatic carbocycles. The quantitative estimate of drug-likeness (QED) is 0.562. The third-order valence-electron chi connectivity index (χ3n) is 7.86. The number of piperidine rings is 1. The van der Waals surface area contributed by atoms with Gasteiger partial charge in [-0.2, -0.15) is 0 Å². The average molecular weight is 489 g/mol. The van der Waals surface area contributed by atoms with Gasteiger partial charge in [-0.3, -0.25) is 14.5 Å². The van der Waals surface area contributed by atoms with Gasteiger partial charge in [-0.1, -0.05) is 36.8 Å². The number of piperazine rings is 1. The average Bonchev–Trinajstić information content (AvgIpc) is 3.31. The fourth-order valence-electron chi connectivity index (χ4n) is 5.78. The van der Waals surface area contributed by atoms with E-state index < -0.39 is 0 Å². The highest BCUT2D eigenvalue weighted by Crippen LogP contribution is 2.27. The number of hydrogen-bond acceptors (Lipinski definition) is 4. The summed E-state index contributed by atoms with van der Waals surface area (Å²) < 4.78 is 5.32. The third kappa shape index (κ3) is 4.98. The van der Waals surface area contributed by atoms with Crippen molar-refractivity contribution in [1.29, 1.82) is 0 Å². The number of carbonyl (C=O) groups excluding carboxylic acids is 2. The van der Waals surface area contributed by atoms with Crippen molar-refractivity contribution in [2.75, 3.05) is 26.7 Å². The van der Waals surface area contributed by atoms with Crippen molar-refractivity contribution in [3.8, 4) is 5.75 Å². The molecule has 3 aromatic rings.